The monoisotopic (exact) mass is 236 g/mol. The molecule has 1 aromatic rings. The highest BCUT2D eigenvalue weighted by Crippen LogP contribution is 2.26. The van der Waals surface area contributed by atoms with E-state index in [0.29, 0.717) is 0 Å². The molecule has 0 spiro atoms. The zero-order valence-corrected chi connectivity index (χ0v) is 11.4. The van der Waals surface area contributed by atoms with Gasteiger partial charge in [-0.05, 0) is 38.8 Å². The zero-order valence-electron chi connectivity index (χ0n) is 11.4. The van der Waals surface area contributed by atoms with E-state index in [1.165, 1.54) is 0 Å². The highest BCUT2D eigenvalue weighted by molar-refractivity contribution is 5.47. The average molecular weight is 236 g/mol. The average Bonchev–Trinajstić information content (AvgIpc) is 2.33. The van der Waals surface area contributed by atoms with Crippen LogP contribution in [0.4, 0.5) is 5.69 Å². The lowest BCUT2D eigenvalue weighted by Crippen LogP contribution is -2.32. The van der Waals surface area contributed by atoms with E-state index in [1.807, 2.05) is 19.9 Å². The van der Waals surface area contributed by atoms with Crippen molar-refractivity contribution < 1.29 is 5.11 Å². The molecule has 0 atom stereocenters. The first kappa shape index (κ1) is 14.0. The van der Waals surface area contributed by atoms with Crippen molar-refractivity contribution in [3.8, 4) is 0 Å². The Morgan fingerprint density at radius 1 is 1.24 bits per heavy atom. The van der Waals surface area contributed by atoms with Gasteiger partial charge in [0, 0.05) is 17.7 Å². The fraction of sp³-hybridized carbons (Fsp3) is 0.643. The summed E-state index contributed by atoms with van der Waals surface area (Å²) in [6.45, 7) is 9.28. The van der Waals surface area contributed by atoms with Crippen LogP contribution in [0.1, 0.15) is 38.1 Å². The van der Waals surface area contributed by atoms with Crippen molar-refractivity contribution in [1.29, 1.82) is 0 Å². The standard InChI is InChI=1S/C14H24N2O/c1-5-14(6-2,10-17)9-15-13-8-7-11(3)16-12(13)4/h7-8,15,17H,5-6,9-10H2,1-4H3. The van der Waals surface area contributed by atoms with E-state index in [9.17, 15) is 5.11 Å². The molecule has 0 fully saturated rings. The molecule has 0 aliphatic carbocycles. The topological polar surface area (TPSA) is 45.1 Å². The van der Waals surface area contributed by atoms with E-state index in [4.69, 9.17) is 0 Å². The quantitative estimate of drug-likeness (QED) is 0.798. The molecule has 96 valence electrons. The normalized spacial score (nSPS) is 11.6. The lowest BCUT2D eigenvalue weighted by atomic mass is 9.83. The SMILES string of the molecule is CCC(CC)(CO)CNc1ccc(C)nc1C. The van der Waals surface area contributed by atoms with Gasteiger partial charge in [0.15, 0.2) is 0 Å². The molecule has 1 aromatic heterocycles. The third-order valence-corrected chi connectivity index (χ3v) is 3.71. The minimum atomic E-state index is -0.0165. The minimum absolute atomic E-state index is 0.0165. The molecule has 0 aliphatic rings. The number of nitrogens with one attached hydrogen (secondary N) is 1. The van der Waals surface area contributed by atoms with Crippen LogP contribution in [0.5, 0.6) is 0 Å². The van der Waals surface area contributed by atoms with Crippen LogP contribution >= 0.6 is 0 Å². The van der Waals surface area contributed by atoms with E-state index >= 15 is 0 Å². The van der Waals surface area contributed by atoms with Crippen LogP contribution in [0.25, 0.3) is 0 Å². The molecule has 1 heterocycles. The maximum Gasteiger partial charge on any atom is 0.0606 e. The molecule has 0 unspecified atom stereocenters. The molecule has 0 aromatic carbocycles. The Bertz CT molecular complexity index is 351. The number of aliphatic hydroxyl groups excluding tert-OH is 1. The summed E-state index contributed by atoms with van der Waals surface area (Å²) < 4.78 is 0. The van der Waals surface area contributed by atoms with Gasteiger partial charge in [0.2, 0.25) is 0 Å². The van der Waals surface area contributed by atoms with E-state index in [2.05, 4.69) is 30.2 Å². The van der Waals surface area contributed by atoms with Crippen LogP contribution in [-0.4, -0.2) is 23.2 Å². The molecule has 0 radical (unpaired) electrons. The van der Waals surface area contributed by atoms with Crippen LogP contribution in [0.2, 0.25) is 0 Å². The van der Waals surface area contributed by atoms with E-state index in [0.717, 1.165) is 36.5 Å². The van der Waals surface area contributed by atoms with Gasteiger partial charge in [0.05, 0.1) is 18.0 Å². The van der Waals surface area contributed by atoms with Crippen LogP contribution in [0.15, 0.2) is 12.1 Å². The highest BCUT2D eigenvalue weighted by Gasteiger charge is 2.25. The molecule has 3 heteroatoms. The summed E-state index contributed by atoms with van der Waals surface area (Å²) in [5, 5.41) is 12.9. The molecule has 17 heavy (non-hydrogen) atoms. The van der Waals surface area contributed by atoms with E-state index < -0.39 is 0 Å². The van der Waals surface area contributed by atoms with Gasteiger partial charge in [-0.1, -0.05) is 13.8 Å². The Balaban J connectivity index is 2.72. The van der Waals surface area contributed by atoms with Crippen molar-refractivity contribution in [1.82, 2.24) is 4.98 Å². The first-order valence-corrected chi connectivity index (χ1v) is 6.36. The predicted octanol–water partition coefficient (Wildman–Crippen LogP) is 2.91. The van der Waals surface area contributed by atoms with E-state index in [-0.39, 0.29) is 12.0 Å². The number of hydrogen-bond acceptors (Lipinski definition) is 3. The van der Waals surface area contributed by atoms with Gasteiger partial charge < -0.3 is 10.4 Å². The summed E-state index contributed by atoms with van der Waals surface area (Å²) in [4.78, 5) is 4.43. The second kappa shape index (κ2) is 6.01. The van der Waals surface area contributed by atoms with Crippen LogP contribution in [-0.2, 0) is 0 Å². The summed E-state index contributed by atoms with van der Waals surface area (Å²) in [7, 11) is 0. The Hall–Kier alpha value is -1.09. The number of aliphatic hydroxyl groups is 1. The second-order valence-electron chi connectivity index (χ2n) is 4.80. The smallest absolute Gasteiger partial charge is 0.0606 e. The number of hydrogen-bond donors (Lipinski definition) is 2. The number of anilines is 1. The van der Waals surface area contributed by atoms with Crippen LogP contribution in [0, 0.1) is 19.3 Å². The minimum Gasteiger partial charge on any atom is -0.396 e. The van der Waals surface area contributed by atoms with Gasteiger partial charge in [0.25, 0.3) is 0 Å². The molecule has 0 saturated carbocycles. The van der Waals surface area contributed by atoms with Gasteiger partial charge in [-0.15, -0.1) is 0 Å². The zero-order chi connectivity index (χ0) is 12.9. The van der Waals surface area contributed by atoms with Crippen LogP contribution in [0.3, 0.4) is 0 Å². The van der Waals surface area contributed by atoms with E-state index in [1.54, 1.807) is 0 Å². The summed E-state index contributed by atoms with van der Waals surface area (Å²) >= 11 is 0. The Morgan fingerprint density at radius 3 is 2.35 bits per heavy atom. The van der Waals surface area contributed by atoms with Crippen molar-refractivity contribution in [3.63, 3.8) is 0 Å². The second-order valence-corrected chi connectivity index (χ2v) is 4.80. The highest BCUT2D eigenvalue weighted by atomic mass is 16.3. The fourth-order valence-electron chi connectivity index (χ4n) is 1.94. The Labute approximate surface area is 104 Å². The summed E-state index contributed by atoms with van der Waals surface area (Å²) in [6, 6.07) is 4.07. The lowest BCUT2D eigenvalue weighted by molar-refractivity contribution is 0.127. The molecule has 3 nitrogen and oxygen atoms in total. The lowest BCUT2D eigenvalue weighted by Gasteiger charge is -2.30. The van der Waals surface area contributed by atoms with Gasteiger partial charge >= 0.3 is 0 Å². The van der Waals surface area contributed by atoms with Crippen molar-refractivity contribution in [3.05, 3.63) is 23.5 Å². The fourth-order valence-corrected chi connectivity index (χ4v) is 1.94. The molecule has 1 rings (SSSR count). The number of pyridine rings is 1. The van der Waals surface area contributed by atoms with Gasteiger partial charge in [0.1, 0.15) is 0 Å². The first-order valence-electron chi connectivity index (χ1n) is 6.36. The molecule has 0 saturated heterocycles. The van der Waals surface area contributed by atoms with Crippen molar-refractivity contribution in [2.75, 3.05) is 18.5 Å². The number of nitrogens with zero attached hydrogens (tertiary/aromatic N) is 1. The van der Waals surface area contributed by atoms with Gasteiger partial charge in [-0.3, -0.25) is 4.98 Å². The van der Waals surface area contributed by atoms with Gasteiger partial charge in [-0.2, -0.15) is 0 Å². The maximum atomic E-state index is 9.51. The Kier molecular flexibility index (Phi) is 4.94. The maximum absolute atomic E-state index is 9.51. The molecule has 0 amide bonds. The summed E-state index contributed by atoms with van der Waals surface area (Å²) in [6.07, 6.45) is 1.96. The third kappa shape index (κ3) is 3.43. The third-order valence-electron chi connectivity index (χ3n) is 3.71. The first-order chi connectivity index (χ1) is 8.06. The number of aromatic nitrogens is 1. The van der Waals surface area contributed by atoms with Gasteiger partial charge in [-0.25, -0.2) is 0 Å². The number of aryl methyl sites for hydroxylation is 2. The molecule has 0 bridgehead atoms. The molecule has 2 N–H and O–H groups in total. The van der Waals surface area contributed by atoms with Crippen molar-refractivity contribution in [2.24, 2.45) is 5.41 Å². The number of rotatable bonds is 6. The van der Waals surface area contributed by atoms with Crippen molar-refractivity contribution in [2.45, 2.75) is 40.5 Å². The molecule has 0 aliphatic heterocycles. The molecular weight excluding hydrogens is 212 g/mol. The van der Waals surface area contributed by atoms with Crippen LogP contribution < -0.4 is 5.32 Å². The van der Waals surface area contributed by atoms with Crippen molar-refractivity contribution >= 4 is 5.69 Å². The summed E-state index contributed by atoms with van der Waals surface area (Å²) in [5.41, 5.74) is 3.10. The Morgan fingerprint density at radius 2 is 1.88 bits per heavy atom. The summed E-state index contributed by atoms with van der Waals surface area (Å²) in [5.74, 6) is 0. The largest absolute Gasteiger partial charge is 0.396 e. The molecular formula is C14H24N2O. The predicted molar refractivity (Wildman–Crippen MR) is 72.3 cm³/mol.